The summed E-state index contributed by atoms with van der Waals surface area (Å²) in [5.74, 6) is 0.357. The quantitative estimate of drug-likeness (QED) is 0.219. The number of aromatic amines is 1. The zero-order valence-electron chi connectivity index (χ0n) is 22.1. The summed E-state index contributed by atoms with van der Waals surface area (Å²) < 4.78 is 1.98. The Morgan fingerprint density at radius 2 is 1.77 bits per heavy atom. The zero-order chi connectivity index (χ0) is 26.4. The predicted molar refractivity (Wildman–Crippen MR) is 156 cm³/mol. The Kier molecular flexibility index (Phi) is 7.50. The van der Waals surface area contributed by atoms with Gasteiger partial charge in [-0.05, 0) is 93.2 Å². The number of H-pyrrole nitrogens is 1. The van der Waals surface area contributed by atoms with Crippen LogP contribution in [-0.2, 0) is 6.42 Å². The first-order valence-corrected chi connectivity index (χ1v) is 13.9. The Morgan fingerprint density at radius 1 is 0.923 bits per heavy atom. The predicted octanol–water partition coefficient (Wildman–Crippen LogP) is 6.48. The molecule has 2 N–H and O–H groups in total. The maximum absolute atomic E-state index is 13.5. The Bertz CT molecular complexity index is 1550. The fraction of sp³-hybridized carbons (Fsp3) is 0.281. The molecule has 1 fully saturated rings. The van der Waals surface area contributed by atoms with Gasteiger partial charge in [0.05, 0.1) is 17.4 Å². The molecule has 5 aromatic rings. The van der Waals surface area contributed by atoms with Crippen LogP contribution in [0.4, 0.5) is 5.95 Å². The topological polar surface area (TPSA) is 78.8 Å². The van der Waals surface area contributed by atoms with Crippen LogP contribution in [0.1, 0.15) is 48.2 Å². The van der Waals surface area contributed by atoms with E-state index in [0.29, 0.717) is 11.5 Å². The lowest BCUT2D eigenvalue weighted by molar-refractivity contribution is 0.102. The largest absolute Gasteiger partial charge is 0.303 e. The molecule has 39 heavy (non-hydrogen) atoms. The van der Waals surface area contributed by atoms with Gasteiger partial charge in [-0.25, -0.2) is 4.98 Å². The number of nitrogens with one attached hydrogen (secondary N) is 2. The molecule has 3 heterocycles. The van der Waals surface area contributed by atoms with E-state index < -0.39 is 0 Å². The summed E-state index contributed by atoms with van der Waals surface area (Å²) in [5, 5.41) is 11.3. The van der Waals surface area contributed by atoms with Crippen LogP contribution < -0.4 is 5.32 Å². The van der Waals surface area contributed by atoms with E-state index in [0.717, 1.165) is 59.2 Å². The van der Waals surface area contributed by atoms with Crippen molar-refractivity contribution < 1.29 is 4.79 Å². The molecule has 0 aliphatic carbocycles. The number of hydrogen-bond acceptors (Lipinski definition) is 4. The first kappa shape index (κ1) is 25.1. The summed E-state index contributed by atoms with van der Waals surface area (Å²) in [6, 6.07) is 23.8. The molecule has 7 nitrogen and oxygen atoms in total. The van der Waals surface area contributed by atoms with E-state index in [1.165, 1.54) is 32.4 Å². The molecule has 1 aliphatic rings. The number of benzene rings is 3. The maximum Gasteiger partial charge on any atom is 0.258 e. The van der Waals surface area contributed by atoms with Crippen LogP contribution in [0.15, 0.2) is 85.2 Å². The molecule has 0 spiro atoms. The maximum atomic E-state index is 13.5. The molecule has 6 rings (SSSR count). The molecule has 7 heteroatoms. The van der Waals surface area contributed by atoms with Gasteiger partial charge in [0, 0.05) is 22.8 Å². The average Bonchev–Trinajstić information content (AvgIpc) is 3.63. The van der Waals surface area contributed by atoms with Crippen molar-refractivity contribution in [2.45, 2.75) is 38.5 Å². The lowest BCUT2D eigenvalue weighted by Gasteiger charge is -2.26. The van der Waals surface area contributed by atoms with E-state index in [-0.39, 0.29) is 5.91 Å². The zero-order valence-corrected chi connectivity index (χ0v) is 22.1. The molecule has 198 valence electrons. The minimum atomic E-state index is -0.185. The molecular formula is C32H34N6O. The van der Waals surface area contributed by atoms with Crippen molar-refractivity contribution >= 4 is 22.8 Å². The lowest BCUT2D eigenvalue weighted by Crippen LogP contribution is -2.30. The second-order valence-corrected chi connectivity index (χ2v) is 10.3. The lowest BCUT2D eigenvalue weighted by atomic mass is 10.00. The van der Waals surface area contributed by atoms with E-state index >= 15 is 0 Å². The Labute approximate surface area is 228 Å². The van der Waals surface area contributed by atoms with E-state index in [1.807, 2.05) is 77.5 Å². The first-order valence-electron chi connectivity index (χ1n) is 13.9. The second kappa shape index (κ2) is 11.7. The van der Waals surface area contributed by atoms with Crippen molar-refractivity contribution in [1.29, 1.82) is 0 Å². The van der Waals surface area contributed by atoms with Gasteiger partial charge in [0.15, 0.2) is 0 Å². The molecule has 0 bridgehead atoms. The van der Waals surface area contributed by atoms with E-state index in [2.05, 4.69) is 32.7 Å². The number of imidazole rings is 1. The molecule has 0 saturated carbocycles. The van der Waals surface area contributed by atoms with Crippen molar-refractivity contribution in [2.75, 3.05) is 25.0 Å². The number of para-hydroxylation sites is 1. The number of carbonyl (C=O) groups excluding carboxylic acids is 1. The first-order chi connectivity index (χ1) is 19.2. The van der Waals surface area contributed by atoms with Crippen molar-refractivity contribution in [3.8, 4) is 16.8 Å². The fourth-order valence-corrected chi connectivity index (χ4v) is 5.47. The standard InChI is InChI=1S/C32H34N6O/c39-31(25-12-9-11-24(21-25)28-16-10-17-30-29(28)22-33-36-30)35-32-34-26(23-38(32)27-14-3-1-4-15-27)13-5-8-20-37-18-6-2-7-19-37/h1,3-4,9-12,14-17,21-23H,2,5-8,13,18-20H2,(H,33,36)(H,34,35,39). The van der Waals surface area contributed by atoms with E-state index in [4.69, 9.17) is 4.98 Å². The number of anilines is 1. The molecule has 0 unspecified atom stereocenters. The highest BCUT2D eigenvalue weighted by atomic mass is 16.1. The van der Waals surface area contributed by atoms with Crippen molar-refractivity contribution in [3.05, 3.63) is 96.4 Å². The van der Waals surface area contributed by atoms with E-state index in [1.54, 1.807) is 0 Å². The van der Waals surface area contributed by atoms with Gasteiger partial charge in [-0.15, -0.1) is 0 Å². The average molecular weight is 519 g/mol. The normalized spacial score (nSPS) is 14.1. The van der Waals surface area contributed by atoms with Crippen molar-refractivity contribution in [1.82, 2.24) is 24.6 Å². The Hall–Kier alpha value is -4.23. The van der Waals surface area contributed by atoms with Crippen LogP contribution in [0.5, 0.6) is 0 Å². The minimum Gasteiger partial charge on any atom is -0.303 e. The van der Waals surface area contributed by atoms with E-state index in [9.17, 15) is 4.79 Å². The summed E-state index contributed by atoms with van der Waals surface area (Å²) >= 11 is 0. The molecule has 1 aliphatic heterocycles. The molecule has 2 aromatic heterocycles. The molecule has 0 radical (unpaired) electrons. The van der Waals surface area contributed by atoms with Gasteiger partial charge < -0.3 is 4.90 Å². The summed E-state index contributed by atoms with van der Waals surface area (Å²) in [5.41, 5.74) is 5.52. The summed E-state index contributed by atoms with van der Waals surface area (Å²) in [6.07, 6.45) is 11.0. The van der Waals surface area contributed by atoms with Crippen LogP contribution in [0.25, 0.3) is 27.7 Å². The third-order valence-electron chi connectivity index (χ3n) is 7.54. The highest BCUT2D eigenvalue weighted by Crippen LogP contribution is 2.28. The number of carbonyl (C=O) groups is 1. The SMILES string of the molecule is O=C(Nc1nc(CCCCN2CCCCC2)cn1-c1ccccc1)c1cccc(-c2cccc3[nH]ncc23)c1. The summed E-state index contributed by atoms with van der Waals surface area (Å²) in [6.45, 7) is 3.63. The summed E-state index contributed by atoms with van der Waals surface area (Å²) in [7, 11) is 0. The molecule has 1 saturated heterocycles. The van der Waals surface area contributed by atoms with Gasteiger partial charge in [0.25, 0.3) is 5.91 Å². The number of unbranched alkanes of at least 4 members (excludes halogenated alkanes) is 1. The third kappa shape index (κ3) is 5.78. The van der Waals surface area contributed by atoms with Crippen LogP contribution in [-0.4, -0.2) is 50.2 Å². The highest BCUT2D eigenvalue weighted by molar-refractivity contribution is 6.05. The van der Waals surface area contributed by atoms with Crippen LogP contribution >= 0.6 is 0 Å². The van der Waals surface area contributed by atoms with Gasteiger partial charge in [-0.3, -0.25) is 19.8 Å². The number of hydrogen-bond donors (Lipinski definition) is 2. The summed E-state index contributed by atoms with van der Waals surface area (Å²) in [4.78, 5) is 20.9. The molecular weight excluding hydrogens is 484 g/mol. The third-order valence-corrected chi connectivity index (χ3v) is 7.54. The highest BCUT2D eigenvalue weighted by Gasteiger charge is 2.16. The number of rotatable bonds is 9. The van der Waals surface area contributed by atoms with Gasteiger partial charge in [-0.2, -0.15) is 5.10 Å². The number of piperidine rings is 1. The van der Waals surface area contributed by atoms with Crippen molar-refractivity contribution in [3.63, 3.8) is 0 Å². The van der Waals surface area contributed by atoms with Crippen molar-refractivity contribution in [2.24, 2.45) is 0 Å². The number of amides is 1. The smallest absolute Gasteiger partial charge is 0.258 e. The Morgan fingerprint density at radius 3 is 2.64 bits per heavy atom. The minimum absolute atomic E-state index is 0.185. The van der Waals surface area contributed by atoms with Crippen LogP contribution in [0.2, 0.25) is 0 Å². The number of aromatic nitrogens is 4. The second-order valence-electron chi connectivity index (χ2n) is 10.3. The molecule has 0 atom stereocenters. The molecule has 1 amide bonds. The number of aryl methyl sites for hydroxylation is 1. The van der Waals surface area contributed by atoms with Gasteiger partial charge in [0.2, 0.25) is 5.95 Å². The van der Waals surface area contributed by atoms with Gasteiger partial charge >= 0.3 is 0 Å². The fourth-order valence-electron chi connectivity index (χ4n) is 5.47. The number of nitrogens with zero attached hydrogens (tertiary/aromatic N) is 4. The van der Waals surface area contributed by atoms with Crippen LogP contribution in [0, 0.1) is 0 Å². The number of fused-ring (bicyclic) bond motifs is 1. The Balaban J connectivity index is 1.19. The van der Waals surface area contributed by atoms with Gasteiger partial charge in [-0.1, -0.05) is 48.9 Å². The number of likely N-dealkylation sites (tertiary alicyclic amines) is 1. The molecule has 3 aromatic carbocycles. The monoisotopic (exact) mass is 518 g/mol. The van der Waals surface area contributed by atoms with Gasteiger partial charge in [0.1, 0.15) is 0 Å². The van der Waals surface area contributed by atoms with Crippen LogP contribution in [0.3, 0.4) is 0 Å².